The summed E-state index contributed by atoms with van der Waals surface area (Å²) in [6.45, 7) is 14.8. The number of aryl methyl sites for hydroxylation is 1. The van der Waals surface area contributed by atoms with Crippen LogP contribution >= 0.6 is 11.5 Å². The molecule has 2 amide bonds. The van der Waals surface area contributed by atoms with Crippen LogP contribution in [0.4, 0.5) is 0 Å². The molecule has 0 bridgehead atoms. The van der Waals surface area contributed by atoms with Crippen LogP contribution in [0.25, 0.3) is 0 Å². The minimum atomic E-state index is -0.691. The van der Waals surface area contributed by atoms with Crippen LogP contribution in [0.5, 0.6) is 0 Å². The highest BCUT2D eigenvalue weighted by molar-refractivity contribution is 7.04. The van der Waals surface area contributed by atoms with E-state index in [-0.39, 0.29) is 29.8 Å². The van der Waals surface area contributed by atoms with E-state index in [1.807, 2.05) is 20.8 Å². The molecule has 1 heterocycles. The van der Waals surface area contributed by atoms with Gasteiger partial charge in [0.05, 0.1) is 12.0 Å². The Bertz CT molecular complexity index is 895. The Morgan fingerprint density at radius 1 is 1.37 bits per heavy atom. The topological polar surface area (TPSA) is 63.5 Å². The fourth-order valence-electron chi connectivity index (χ4n) is 4.16. The number of rotatable bonds is 6. The summed E-state index contributed by atoms with van der Waals surface area (Å²) in [5.74, 6) is 2.00. The van der Waals surface area contributed by atoms with Crippen LogP contribution in [0, 0.1) is 29.1 Å². The molecule has 1 aliphatic carbocycles. The number of carbonyl (C=O) groups excluding carboxylic acids is 2. The fraction of sp³-hybridized carbons (Fsp3) is 0.708. The summed E-state index contributed by atoms with van der Waals surface area (Å²) in [5.41, 5.74) is -0.122. The van der Waals surface area contributed by atoms with Crippen LogP contribution in [0.2, 0.25) is 0 Å². The predicted molar refractivity (Wildman–Crippen MR) is 123 cm³/mol. The van der Waals surface area contributed by atoms with E-state index >= 15 is 0 Å². The summed E-state index contributed by atoms with van der Waals surface area (Å²) in [5, 5.41) is 2.79. The first kappa shape index (κ1) is 24.4. The molecule has 1 saturated carbocycles. The summed E-state index contributed by atoms with van der Waals surface area (Å²) in [6, 6.07) is 0. The van der Waals surface area contributed by atoms with Crippen molar-refractivity contribution >= 4 is 23.3 Å². The van der Waals surface area contributed by atoms with Crippen LogP contribution in [0.1, 0.15) is 79.7 Å². The lowest BCUT2D eigenvalue weighted by Gasteiger charge is -2.38. The summed E-state index contributed by atoms with van der Waals surface area (Å²) in [6.07, 6.45) is 11.8. The van der Waals surface area contributed by atoms with Gasteiger partial charge in [-0.2, -0.15) is 0 Å². The van der Waals surface area contributed by atoms with Gasteiger partial charge in [0, 0.05) is 23.2 Å². The van der Waals surface area contributed by atoms with Gasteiger partial charge < -0.3 is 5.32 Å². The standard InChI is InChI=1S/C24H37N3O2S/c1-9-11-12-17-16-27(22(3,4)5)30-20(17)26-21(29)24(8)14-13-18(23(24,6)7)19(28)25-15-10-2/h2,16,18H,9,11-15H2,1,3-8H3,(H,25,28)/t18-,24+/m0/s1. The quantitative estimate of drug-likeness (QED) is 0.684. The number of terminal acetylenes is 1. The van der Waals surface area contributed by atoms with Crippen LogP contribution in [0.15, 0.2) is 11.2 Å². The van der Waals surface area contributed by atoms with Crippen LogP contribution < -0.4 is 9.99 Å². The lowest BCUT2D eigenvalue weighted by Crippen LogP contribution is -2.45. The van der Waals surface area contributed by atoms with Gasteiger partial charge in [-0.25, -0.2) is 4.99 Å². The molecule has 0 spiro atoms. The number of nitrogens with zero attached hydrogens (tertiary/aromatic N) is 2. The summed E-state index contributed by atoms with van der Waals surface area (Å²) >= 11 is 1.55. The second kappa shape index (κ2) is 9.09. The van der Waals surface area contributed by atoms with Crippen LogP contribution in [0.3, 0.4) is 0 Å². The van der Waals surface area contributed by atoms with E-state index in [1.54, 1.807) is 11.5 Å². The number of unbranched alkanes of at least 4 members (excludes halogenated alkanes) is 1. The average molecular weight is 432 g/mol. The number of hydrogen-bond acceptors (Lipinski definition) is 3. The number of nitrogens with one attached hydrogen (secondary N) is 1. The zero-order valence-corrected chi connectivity index (χ0v) is 20.4. The summed E-state index contributed by atoms with van der Waals surface area (Å²) < 4.78 is 2.99. The Morgan fingerprint density at radius 2 is 2.03 bits per heavy atom. The molecule has 1 aromatic heterocycles. The predicted octanol–water partition coefficient (Wildman–Crippen LogP) is 4.27. The number of aromatic nitrogens is 1. The summed E-state index contributed by atoms with van der Waals surface area (Å²) in [4.78, 5) is 30.8. The van der Waals surface area contributed by atoms with Crippen molar-refractivity contribution < 1.29 is 9.59 Å². The molecule has 0 aliphatic heterocycles. The Balaban J connectivity index is 2.40. The Labute approximate surface area is 185 Å². The fourth-order valence-corrected chi connectivity index (χ4v) is 5.19. The molecule has 1 aliphatic rings. The van der Waals surface area contributed by atoms with E-state index in [1.165, 1.54) is 0 Å². The summed E-state index contributed by atoms with van der Waals surface area (Å²) in [7, 11) is 0. The third-order valence-corrected chi connectivity index (χ3v) is 8.15. The van der Waals surface area contributed by atoms with Gasteiger partial charge in [-0.1, -0.05) is 40.0 Å². The molecule has 0 aromatic carbocycles. The average Bonchev–Trinajstić information content (AvgIpc) is 3.17. The first-order chi connectivity index (χ1) is 13.9. The number of carbonyl (C=O) groups is 2. The number of amides is 2. The van der Waals surface area contributed by atoms with Crippen molar-refractivity contribution in [3.63, 3.8) is 0 Å². The Kier molecular flexibility index (Phi) is 7.40. The lowest BCUT2D eigenvalue weighted by molar-refractivity contribution is -0.136. The van der Waals surface area contributed by atoms with Gasteiger partial charge in [-0.05, 0) is 63.4 Å². The molecule has 0 unspecified atom stereocenters. The molecule has 30 heavy (non-hydrogen) atoms. The minimum Gasteiger partial charge on any atom is -0.345 e. The second-order valence-corrected chi connectivity index (χ2v) is 11.1. The van der Waals surface area contributed by atoms with Crippen molar-refractivity contribution in [3.05, 3.63) is 16.4 Å². The van der Waals surface area contributed by atoms with Crippen molar-refractivity contribution in [3.8, 4) is 12.3 Å². The first-order valence-corrected chi connectivity index (χ1v) is 11.7. The van der Waals surface area contributed by atoms with Crippen LogP contribution in [-0.4, -0.2) is 22.3 Å². The smallest absolute Gasteiger partial charge is 0.253 e. The van der Waals surface area contributed by atoms with E-state index in [0.29, 0.717) is 12.8 Å². The third-order valence-electron chi connectivity index (χ3n) is 6.78. The Hall–Kier alpha value is -1.87. The molecular weight excluding hydrogens is 394 g/mol. The van der Waals surface area contributed by atoms with E-state index in [2.05, 4.69) is 54.1 Å². The van der Waals surface area contributed by atoms with Gasteiger partial charge in [0.2, 0.25) is 5.91 Å². The molecule has 0 radical (unpaired) electrons. The van der Waals surface area contributed by atoms with Gasteiger partial charge >= 0.3 is 0 Å². The molecule has 2 atom stereocenters. The zero-order chi connectivity index (χ0) is 22.7. The minimum absolute atomic E-state index is 0.0564. The SMILES string of the molecule is C#CCNC(=O)[C@@H]1CC[C@](C)(C(=O)N=c2sn(C(C)(C)C)cc2CCCC)C1(C)C. The third kappa shape index (κ3) is 4.72. The molecule has 1 fully saturated rings. The van der Waals surface area contributed by atoms with Crippen molar-refractivity contribution in [1.82, 2.24) is 9.27 Å². The molecule has 1 aromatic rings. The van der Waals surface area contributed by atoms with Crippen molar-refractivity contribution in [2.24, 2.45) is 21.7 Å². The molecule has 166 valence electrons. The van der Waals surface area contributed by atoms with Gasteiger partial charge in [0.25, 0.3) is 5.91 Å². The first-order valence-electron chi connectivity index (χ1n) is 10.9. The van der Waals surface area contributed by atoms with E-state index in [9.17, 15) is 9.59 Å². The van der Waals surface area contributed by atoms with E-state index in [0.717, 1.165) is 29.5 Å². The molecular formula is C24H37N3O2S. The molecule has 2 rings (SSSR count). The van der Waals surface area contributed by atoms with Gasteiger partial charge in [0.1, 0.15) is 4.67 Å². The maximum absolute atomic E-state index is 13.5. The molecule has 5 nitrogen and oxygen atoms in total. The lowest BCUT2D eigenvalue weighted by atomic mass is 9.65. The number of hydrogen-bond donors (Lipinski definition) is 1. The van der Waals surface area contributed by atoms with Gasteiger partial charge in [-0.15, -0.1) is 6.42 Å². The van der Waals surface area contributed by atoms with Gasteiger partial charge in [-0.3, -0.25) is 13.5 Å². The normalized spacial score (nSPS) is 23.9. The van der Waals surface area contributed by atoms with Crippen molar-refractivity contribution in [1.29, 1.82) is 0 Å². The molecule has 6 heteroatoms. The zero-order valence-electron chi connectivity index (χ0n) is 19.6. The maximum Gasteiger partial charge on any atom is 0.253 e. The largest absolute Gasteiger partial charge is 0.345 e. The second-order valence-electron chi connectivity index (χ2n) is 10.1. The molecule has 0 saturated heterocycles. The maximum atomic E-state index is 13.5. The van der Waals surface area contributed by atoms with Crippen LogP contribution in [-0.2, 0) is 21.5 Å². The molecule has 1 N–H and O–H groups in total. The van der Waals surface area contributed by atoms with E-state index < -0.39 is 10.8 Å². The highest BCUT2D eigenvalue weighted by atomic mass is 32.1. The highest BCUT2D eigenvalue weighted by Crippen LogP contribution is 2.56. The van der Waals surface area contributed by atoms with Crippen molar-refractivity contribution in [2.75, 3.05) is 6.54 Å². The van der Waals surface area contributed by atoms with Gasteiger partial charge in [0.15, 0.2) is 0 Å². The highest BCUT2D eigenvalue weighted by Gasteiger charge is 2.58. The van der Waals surface area contributed by atoms with Crippen molar-refractivity contribution in [2.45, 2.75) is 86.1 Å². The monoisotopic (exact) mass is 431 g/mol. The Morgan fingerprint density at radius 3 is 2.60 bits per heavy atom. The van der Waals surface area contributed by atoms with E-state index in [4.69, 9.17) is 6.42 Å².